The van der Waals surface area contributed by atoms with Gasteiger partial charge in [0.25, 0.3) is 15.9 Å². The lowest BCUT2D eigenvalue weighted by molar-refractivity contribution is -0.127. The maximum Gasteiger partial charge on any atom is 0.338 e. The standard InChI is InChI=1S/C23H30N2O6S/c1-5-6-15-30-23(27)18-7-9-19(10-8-18)25-32(28,29)21-13-11-20(12-14-21)31-17(4)22(26)24-16(2)3/h7-14,16-17,25H,5-6,15H2,1-4H3,(H,24,26)/t17-/m1/s1. The van der Waals surface area contributed by atoms with Crippen molar-refractivity contribution in [2.45, 2.75) is 57.6 Å². The van der Waals surface area contributed by atoms with Gasteiger partial charge in [-0.3, -0.25) is 9.52 Å². The predicted octanol–water partition coefficient (Wildman–Crippen LogP) is 3.74. The van der Waals surface area contributed by atoms with E-state index in [0.717, 1.165) is 12.8 Å². The summed E-state index contributed by atoms with van der Waals surface area (Å²) in [6.45, 7) is 7.67. The summed E-state index contributed by atoms with van der Waals surface area (Å²) < 4.78 is 38.5. The lowest BCUT2D eigenvalue weighted by Crippen LogP contribution is -2.40. The third-order valence-electron chi connectivity index (χ3n) is 4.35. The second-order valence-corrected chi connectivity index (χ2v) is 9.25. The molecule has 0 aromatic heterocycles. The molecule has 2 aromatic carbocycles. The fourth-order valence-electron chi connectivity index (χ4n) is 2.64. The van der Waals surface area contributed by atoms with E-state index in [1.54, 1.807) is 6.92 Å². The van der Waals surface area contributed by atoms with E-state index in [9.17, 15) is 18.0 Å². The van der Waals surface area contributed by atoms with Gasteiger partial charge >= 0.3 is 5.97 Å². The number of anilines is 1. The molecule has 0 bridgehead atoms. The van der Waals surface area contributed by atoms with Crippen molar-refractivity contribution in [1.29, 1.82) is 0 Å². The molecule has 0 heterocycles. The number of carbonyl (C=O) groups excluding carboxylic acids is 2. The van der Waals surface area contributed by atoms with E-state index in [0.29, 0.717) is 23.6 Å². The Hall–Kier alpha value is -3.07. The van der Waals surface area contributed by atoms with Crippen LogP contribution in [0.3, 0.4) is 0 Å². The van der Waals surface area contributed by atoms with Crippen LogP contribution in [0.4, 0.5) is 5.69 Å². The molecule has 0 unspecified atom stereocenters. The smallest absolute Gasteiger partial charge is 0.338 e. The third-order valence-corrected chi connectivity index (χ3v) is 5.75. The van der Waals surface area contributed by atoms with Crippen LogP contribution in [0.25, 0.3) is 0 Å². The third kappa shape index (κ3) is 7.56. The molecule has 0 aliphatic heterocycles. The highest BCUT2D eigenvalue weighted by Gasteiger charge is 2.18. The number of esters is 1. The Labute approximate surface area is 189 Å². The second-order valence-electron chi connectivity index (χ2n) is 7.57. The molecule has 0 saturated carbocycles. The molecule has 2 N–H and O–H groups in total. The van der Waals surface area contributed by atoms with Crippen LogP contribution in [0.15, 0.2) is 53.4 Å². The number of hydrogen-bond donors (Lipinski definition) is 2. The van der Waals surface area contributed by atoms with Crippen molar-refractivity contribution in [3.05, 3.63) is 54.1 Å². The maximum absolute atomic E-state index is 12.7. The van der Waals surface area contributed by atoms with E-state index < -0.39 is 22.1 Å². The minimum absolute atomic E-state index is 0.00656. The van der Waals surface area contributed by atoms with Crippen LogP contribution in [-0.2, 0) is 19.6 Å². The summed E-state index contributed by atoms with van der Waals surface area (Å²) in [7, 11) is -3.84. The van der Waals surface area contributed by atoms with Crippen LogP contribution in [0.5, 0.6) is 5.75 Å². The molecule has 2 rings (SSSR count). The molecule has 0 spiro atoms. The number of rotatable bonds is 11. The lowest BCUT2D eigenvalue weighted by atomic mass is 10.2. The van der Waals surface area contributed by atoms with Crippen molar-refractivity contribution < 1.29 is 27.5 Å². The summed E-state index contributed by atoms with van der Waals surface area (Å²) in [4.78, 5) is 23.9. The van der Waals surface area contributed by atoms with Gasteiger partial charge in [-0.2, -0.15) is 0 Å². The summed E-state index contributed by atoms with van der Waals surface area (Å²) in [5.74, 6) is -0.322. The number of benzene rings is 2. The molecule has 2 aromatic rings. The molecule has 0 radical (unpaired) electrons. The van der Waals surface area contributed by atoms with Crippen LogP contribution in [0.1, 0.15) is 50.9 Å². The Bertz CT molecular complexity index is 1000. The number of sulfonamides is 1. The topological polar surface area (TPSA) is 111 Å². The number of ether oxygens (including phenoxy) is 2. The second kappa shape index (κ2) is 11.5. The zero-order valence-corrected chi connectivity index (χ0v) is 19.6. The van der Waals surface area contributed by atoms with E-state index in [1.807, 2.05) is 20.8 Å². The summed E-state index contributed by atoms with van der Waals surface area (Å²) in [6, 6.07) is 11.8. The van der Waals surface area contributed by atoms with Crippen LogP contribution in [0.2, 0.25) is 0 Å². The Morgan fingerprint density at radius 1 is 0.969 bits per heavy atom. The molecule has 9 heteroatoms. The van der Waals surface area contributed by atoms with Gasteiger partial charge in [-0.15, -0.1) is 0 Å². The van der Waals surface area contributed by atoms with E-state index >= 15 is 0 Å². The molecule has 8 nitrogen and oxygen atoms in total. The van der Waals surface area contributed by atoms with Crippen LogP contribution >= 0.6 is 0 Å². The van der Waals surface area contributed by atoms with Crippen molar-refractivity contribution >= 4 is 27.6 Å². The Morgan fingerprint density at radius 3 is 2.16 bits per heavy atom. The fourth-order valence-corrected chi connectivity index (χ4v) is 3.70. The normalized spacial score (nSPS) is 12.2. The molecule has 0 aliphatic carbocycles. The monoisotopic (exact) mass is 462 g/mol. The zero-order valence-electron chi connectivity index (χ0n) is 18.8. The first-order chi connectivity index (χ1) is 15.1. The molecule has 0 fully saturated rings. The fraction of sp³-hybridized carbons (Fsp3) is 0.391. The highest BCUT2D eigenvalue weighted by molar-refractivity contribution is 7.92. The number of unbranched alkanes of at least 4 members (excludes halogenated alkanes) is 1. The van der Waals surface area contributed by atoms with Gasteiger partial charge in [0.1, 0.15) is 5.75 Å². The average molecular weight is 463 g/mol. The summed E-state index contributed by atoms with van der Waals surface area (Å²) in [6.07, 6.45) is 0.996. The SMILES string of the molecule is CCCCOC(=O)c1ccc(NS(=O)(=O)c2ccc(O[C@H](C)C(=O)NC(C)C)cc2)cc1. The van der Waals surface area contributed by atoms with Gasteiger partial charge in [-0.25, -0.2) is 13.2 Å². The first-order valence-corrected chi connectivity index (χ1v) is 12.0. The van der Waals surface area contributed by atoms with Crippen molar-refractivity contribution in [3.8, 4) is 5.75 Å². The molecular weight excluding hydrogens is 432 g/mol. The Morgan fingerprint density at radius 2 is 1.59 bits per heavy atom. The Balaban J connectivity index is 2.00. The minimum Gasteiger partial charge on any atom is -0.481 e. The van der Waals surface area contributed by atoms with Gasteiger partial charge in [-0.05, 0) is 75.7 Å². The number of carbonyl (C=O) groups is 2. The molecule has 1 amide bonds. The van der Waals surface area contributed by atoms with Gasteiger partial charge in [0, 0.05) is 11.7 Å². The van der Waals surface area contributed by atoms with Gasteiger partial charge in [-0.1, -0.05) is 13.3 Å². The van der Waals surface area contributed by atoms with Gasteiger partial charge in [0.2, 0.25) is 0 Å². The largest absolute Gasteiger partial charge is 0.481 e. The van der Waals surface area contributed by atoms with Crippen molar-refractivity contribution in [3.63, 3.8) is 0 Å². The Kier molecular flexibility index (Phi) is 9.07. The van der Waals surface area contributed by atoms with Crippen molar-refractivity contribution in [1.82, 2.24) is 5.32 Å². The number of amides is 1. The highest BCUT2D eigenvalue weighted by atomic mass is 32.2. The number of nitrogens with one attached hydrogen (secondary N) is 2. The van der Waals surface area contributed by atoms with E-state index in [4.69, 9.17) is 9.47 Å². The average Bonchev–Trinajstić information content (AvgIpc) is 2.74. The lowest BCUT2D eigenvalue weighted by Gasteiger charge is -2.16. The van der Waals surface area contributed by atoms with Crippen molar-refractivity contribution in [2.24, 2.45) is 0 Å². The van der Waals surface area contributed by atoms with Crippen LogP contribution in [-0.4, -0.2) is 39.0 Å². The summed E-state index contributed by atoms with van der Waals surface area (Å²) >= 11 is 0. The van der Waals surface area contributed by atoms with E-state index in [-0.39, 0.29) is 16.8 Å². The molecular formula is C23H30N2O6S. The first kappa shape index (κ1) is 25.2. The molecule has 174 valence electrons. The van der Waals surface area contributed by atoms with Crippen LogP contribution in [0, 0.1) is 0 Å². The highest BCUT2D eigenvalue weighted by Crippen LogP contribution is 2.20. The van der Waals surface area contributed by atoms with Gasteiger partial charge in [0.15, 0.2) is 6.10 Å². The minimum atomic E-state index is -3.84. The summed E-state index contributed by atoms with van der Waals surface area (Å²) in [5.41, 5.74) is 0.663. The van der Waals surface area contributed by atoms with Gasteiger partial charge in [0.05, 0.1) is 17.1 Å². The maximum atomic E-state index is 12.7. The van der Waals surface area contributed by atoms with Crippen molar-refractivity contribution in [2.75, 3.05) is 11.3 Å². The van der Waals surface area contributed by atoms with E-state index in [1.165, 1.54) is 48.5 Å². The first-order valence-electron chi connectivity index (χ1n) is 10.5. The quantitative estimate of drug-likeness (QED) is 0.389. The van der Waals surface area contributed by atoms with E-state index in [2.05, 4.69) is 10.0 Å². The number of hydrogen-bond acceptors (Lipinski definition) is 6. The molecule has 0 aliphatic rings. The summed E-state index contributed by atoms with van der Waals surface area (Å²) in [5, 5.41) is 2.75. The molecule has 32 heavy (non-hydrogen) atoms. The molecule has 1 atom stereocenters. The van der Waals surface area contributed by atoms with Gasteiger partial charge < -0.3 is 14.8 Å². The van der Waals surface area contributed by atoms with Crippen LogP contribution < -0.4 is 14.8 Å². The molecule has 0 saturated heterocycles. The zero-order chi connectivity index (χ0) is 23.7. The predicted molar refractivity (Wildman–Crippen MR) is 122 cm³/mol.